The summed E-state index contributed by atoms with van der Waals surface area (Å²) in [5.41, 5.74) is 1.84. The van der Waals surface area contributed by atoms with Gasteiger partial charge in [0.1, 0.15) is 5.82 Å². The average Bonchev–Trinajstić information content (AvgIpc) is 3.00. The number of nitrogens with one attached hydrogen (secondary N) is 1. The van der Waals surface area contributed by atoms with Crippen LogP contribution in [0.1, 0.15) is 39.2 Å². The van der Waals surface area contributed by atoms with E-state index in [0.29, 0.717) is 11.6 Å². The van der Waals surface area contributed by atoms with Gasteiger partial charge in [-0.25, -0.2) is 4.39 Å². The zero-order valence-electron chi connectivity index (χ0n) is 13.0. The summed E-state index contributed by atoms with van der Waals surface area (Å²) in [4.78, 5) is 0.988. The highest BCUT2D eigenvalue weighted by Gasteiger charge is 2.09. The van der Waals surface area contributed by atoms with E-state index in [1.165, 1.54) is 12.8 Å². The van der Waals surface area contributed by atoms with Crippen LogP contribution in [0.3, 0.4) is 0 Å². The predicted molar refractivity (Wildman–Crippen MR) is 90.1 cm³/mol. The minimum Gasteiger partial charge on any atom is -0.310 e. The Morgan fingerprint density at radius 1 is 1.24 bits per heavy atom. The van der Waals surface area contributed by atoms with Crippen LogP contribution in [0.15, 0.2) is 35.7 Å². The Balaban J connectivity index is 2.00. The smallest absolute Gasteiger partial charge is 0.131 e. The van der Waals surface area contributed by atoms with Crippen molar-refractivity contribution in [3.05, 3.63) is 47.1 Å². The monoisotopic (exact) mass is 305 g/mol. The first-order valence-corrected chi connectivity index (χ1v) is 8.53. The van der Waals surface area contributed by atoms with Crippen LogP contribution in [0.5, 0.6) is 0 Å². The number of thiophene rings is 1. The standard InChI is InChI=1S/C18H24FNS/c1-4-13(2)10-14(3)20-12-15-7-8-17(19)16(11-15)18-6-5-9-21-18/h5-9,11,13-14,20H,4,10,12H2,1-3H3. The van der Waals surface area contributed by atoms with Gasteiger partial charge in [0.15, 0.2) is 0 Å². The van der Waals surface area contributed by atoms with Crippen LogP contribution in [0.2, 0.25) is 0 Å². The lowest BCUT2D eigenvalue weighted by atomic mass is 10.00. The molecule has 0 spiro atoms. The molecule has 2 rings (SSSR count). The molecule has 3 heteroatoms. The van der Waals surface area contributed by atoms with Crippen LogP contribution in [-0.4, -0.2) is 6.04 Å². The van der Waals surface area contributed by atoms with Gasteiger partial charge in [0.25, 0.3) is 0 Å². The molecule has 1 aromatic carbocycles. The largest absolute Gasteiger partial charge is 0.310 e. The fourth-order valence-electron chi connectivity index (χ4n) is 2.45. The van der Waals surface area contributed by atoms with Crippen molar-refractivity contribution < 1.29 is 4.39 Å². The van der Waals surface area contributed by atoms with Gasteiger partial charge in [0.2, 0.25) is 0 Å². The molecule has 0 aliphatic heterocycles. The molecule has 1 aromatic heterocycles. The summed E-state index contributed by atoms with van der Waals surface area (Å²) >= 11 is 1.57. The molecule has 0 amide bonds. The van der Waals surface area contributed by atoms with Crippen molar-refractivity contribution in [1.29, 1.82) is 0 Å². The van der Waals surface area contributed by atoms with E-state index in [0.717, 1.165) is 22.9 Å². The normalized spacial score (nSPS) is 14.1. The molecule has 1 heterocycles. The minimum absolute atomic E-state index is 0.145. The second-order valence-electron chi connectivity index (χ2n) is 5.82. The Morgan fingerprint density at radius 3 is 2.71 bits per heavy atom. The molecule has 0 saturated carbocycles. The molecule has 0 aliphatic carbocycles. The number of rotatable bonds is 7. The van der Waals surface area contributed by atoms with E-state index in [-0.39, 0.29) is 5.82 Å². The van der Waals surface area contributed by atoms with Crippen LogP contribution in [-0.2, 0) is 6.54 Å². The summed E-state index contributed by atoms with van der Waals surface area (Å²) in [5, 5.41) is 5.52. The molecule has 0 radical (unpaired) electrons. The van der Waals surface area contributed by atoms with Gasteiger partial charge in [0.05, 0.1) is 0 Å². The maximum absolute atomic E-state index is 13.9. The highest BCUT2D eigenvalue weighted by Crippen LogP contribution is 2.28. The Kier molecular flexibility index (Phi) is 5.95. The van der Waals surface area contributed by atoms with Crippen molar-refractivity contribution in [2.24, 2.45) is 5.92 Å². The predicted octanol–water partition coefficient (Wildman–Crippen LogP) is 5.47. The zero-order chi connectivity index (χ0) is 15.2. The number of halogens is 1. The third-order valence-electron chi connectivity index (χ3n) is 3.92. The molecular formula is C18H24FNS. The van der Waals surface area contributed by atoms with Gasteiger partial charge in [-0.3, -0.25) is 0 Å². The van der Waals surface area contributed by atoms with Gasteiger partial charge in [0, 0.05) is 23.0 Å². The molecule has 1 N–H and O–H groups in total. The van der Waals surface area contributed by atoms with Crippen molar-refractivity contribution in [3.63, 3.8) is 0 Å². The van der Waals surface area contributed by atoms with Gasteiger partial charge in [-0.1, -0.05) is 32.4 Å². The van der Waals surface area contributed by atoms with Crippen molar-refractivity contribution in [1.82, 2.24) is 5.32 Å². The molecule has 0 fully saturated rings. The number of hydrogen-bond donors (Lipinski definition) is 1. The topological polar surface area (TPSA) is 12.0 Å². The molecule has 1 nitrogen and oxygen atoms in total. The second-order valence-corrected chi connectivity index (χ2v) is 6.77. The van der Waals surface area contributed by atoms with Gasteiger partial charge in [-0.05, 0) is 48.4 Å². The van der Waals surface area contributed by atoms with Crippen LogP contribution in [0.25, 0.3) is 10.4 Å². The van der Waals surface area contributed by atoms with Crippen molar-refractivity contribution in [2.45, 2.75) is 46.2 Å². The molecule has 2 unspecified atom stereocenters. The summed E-state index contributed by atoms with van der Waals surface area (Å²) in [6.45, 7) is 7.52. The lowest BCUT2D eigenvalue weighted by molar-refractivity contribution is 0.412. The quantitative estimate of drug-likeness (QED) is 0.715. The van der Waals surface area contributed by atoms with Gasteiger partial charge < -0.3 is 5.32 Å². The van der Waals surface area contributed by atoms with E-state index in [1.54, 1.807) is 17.4 Å². The van der Waals surface area contributed by atoms with Crippen LogP contribution in [0, 0.1) is 11.7 Å². The van der Waals surface area contributed by atoms with Crippen LogP contribution < -0.4 is 5.32 Å². The molecule has 2 aromatic rings. The van der Waals surface area contributed by atoms with Crippen molar-refractivity contribution in [3.8, 4) is 10.4 Å². The first-order valence-electron chi connectivity index (χ1n) is 7.65. The maximum atomic E-state index is 13.9. The first kappa shape index (κ1) is 16.2. The summed E-state index contributed by atoms with van der Waals surface area (Å²) in [5.74, 6) is 0.594. The SMILES string of the molecule is CCC(C)CC(C)NCc1ccc(F)c(-c2cccs2)c1. The van der Waals surface area contributed by atoms with E-state index < -0.39 is 0 Å². The van der Waals surface area contributed by atoms with Crippen molar-refractivity contribution >= 4 is 11.3 Å². The Morgan fingerprint density at radius 2 is 2.05 bits per heavy atom. The summed E-state index contributed by atoms with van der Waals surface area (Å²) in [6, 6.07) is 9.81. The Labute approximate surface area is 131 Å². The van der Waals surface area contributed by atoms with E-state index in [1.807, 2.05) is 29.6 Å². The Bertz CT molecular complexity index is 550. The molecule has 0 aliphatic rings. The minimum atomic E-state index is -0.145. The number of benzene rings is 1. The Hall–Kier alpha value is -1.19. The third kappa shape index (κ3) is 4.65. The van der Waals surface area contributed by atoms with Crippen LogP contribution in [0.4, 0.5) is 4.39 Å². The fourth-order valence-corrected chi connectivity index (χ4v) is 3.19. The van der Waals surface area contributed by atoms with Gasteiger partial charge >= 0.3 is 0 Å². The van der Waals surface area contributed by atoms with E-state index >= 15 is 0 Å². The highest BCUT2D eigenvalue weighted by molar-refractivity contribution is 7.13. The van der Waals surface area contributed by atoms with E-state index in [9.17, 15) is 4.39 Å². The highest BCUT2D eigenvalue weighted by atomic mass is 32.1. The molecule has 0 saturated heterocycles. The van der Waals surface area contributed by atoms with Gasteiger partial charge in [-0.15, -0.1) is 11.3 Å². The molecule has 114 valence electrons. The maximum Gasteiger partial charge on any atom is 0.131 e. The number of hydrogen-bond acceptors (Lipinski definition) is 2. The van der Waals surface area contributed by atoms with E-state index in [2.05, 4.69) is 26.1 Å². The lowest BCUT2D eigenvalue weighted by Crippen LogP contribution is -2.27. The third-order valence-corrected chi connectivity index (χ3v) is 4.83. The first-order chi connectivity index (χ1) is 10.1. The van der Waals surface area contributed by atoms with Crippen molar-refractivity contribution in [2.75, 3.05) is 0 Å². The summed E-state index contributed by atoms with van der Waals surface area (Å²) in [7, 11) is 0. The summed E-state index contributed by atoms with van der Waals surface area (Å²) in [6.07, 6.45) is 2.39. The lowest BCUT2D eigenvalue weighted by Gasteiger charge is -2.17. The zero-order valence-corrected chi connectivity index (χ0v) is 13.8. The second kappa shape index (κ2) is 7.71. The fraction of sp³-hybridized carbons (Fsp3) is 0.444. The summed E-state index contributed by atoms with van der Waals surface area (Å²) < 4.78 is 13.9. The van der Waals surface area contributed by atoms with Gasteiger partial charge in [-0.2, -0.15) is 0 Å². The van der Waals surface area contributed by atoms with E-state index in [4.69, 9.17) is 0 Å². The molecule has 0 bridgehead atoms. The molecular weight excluding hydrogens is 281 g/mol. The average molecular weight is 305 g/mol. The van der Waals surface area contributed by atoms with Crippen LogP contribution >= 0.6 is 11.3 Å². The molecule has 21 heavy (non-hydrogen) atoms. The molecule has 2 atom stereocenters.